The van der Waals surface area contributed by atoms with Gasteiger partial charge >= 0.3 is 0 Å². The Kier molecular flexibility index (Phi) is 8.63. The fourth-order valence-corrected chi connectivity index (χ4v) is 0. The van der Waals surface area contributed by atoms with Crippen LogP contribution in [0.1, 0.15) is 0 Å². The van der Waals surface area contributed by atoms with Crippen molar-refractivity contribution in [3.63, 3.8) is 0 Å². The Morgan fingerprint density at radius 1 is 1.40 bits per heavy atom. The third kappa shape index (κ3) is 70.8. The normalized spacial score (nSPS) is 7.00. The topological polar surface area (TPSA) is 57.5 Å². The van der Waals surface area contributed by atoms with Gasteiger partial charge in [-0.15, -0.1) is 0 Å². The van der Waals surface area contributed by atoms with E-state index in [2.05, 4.69) is 0 Å². The largest absolute Gasteiger partial charge is 0.299 e. The Balaban J connectivity index is 0. The van der Waals surface area contributed by atoms with E-state index in [0.717, 1.165) is 0 Å². The van der Waals surface area contributed by atoms with Gasteiger partial charge < -0.3 is 0 Å². The minimum Gasteiger partial charge on any atom is -0.284 e. The summed E-state index contributed by atoms with van der Waals surface area (Å²) >= 11 is -2.61. The molecule has 0 aromatic carbocycles. The molecule has 0 heterocycles. The van der Waals surface area contributed by atoms with E-state index < -0.39 is 11.4 Å². The maximum atomic E-state index is 8.67. The second-order valence-electron chi connectivity index (χ2n) is 0.231. The maximum absolute atomic E-state index is 8.67. The molecular weight excluding hydrogens is 183 g/mol. The molecule has 0 saturated heterocycles. The Morgan fingerprint density at radius 2 is 1.40 bits per heavy atom. The van der Waals surface area contributed by atoms with E-state index in [1.54, 1.807) is 0 Å². The molecule has 0 spiro atoms. The van der Waals surface area contributed by atoms with Gasteiger partial charge in [0, 0.05) is 19.5 Å². The van der Waals surface area contributed by atoms with Crippen LogP contribution in [0.4, 0.5) is 0 Å². The molecule has 0 aliphatic heterocycles. The monoisotopic (exact) mass is 185 g/mol. The second-order valence-corrected chi connectivity index (χ2v) is 0.692. The number of hydrogen-bond donors (Lipinski definition) is 2. The van der Waals surface area contributed by atoms with Crippen LogP contribution in [0, 0.1) is 0 Å². The van der Waals surface area contributed by atoms with Crippen LogP contribution < -0.4 is 0 Å². The molecule has 0 aromatic heterocycles. The molecule has 0 unspecified atom stereocenters. The predicted molar refractivity (Wildman–Crippen MR) is 13.4 cm³/mol. The fraction of sp³-hybridized carbons (Fsp3) is 0. The van der Waals surface area contributed by atoms with Crippen molar-refractivity contribution < 1.29 is 32.8 Å². The molecule has 5 heteroatoms. The van der Waals surface area contributed by atoms with Gasteiger partial charge in [-0.3, -0.25) is 9.11 Å². The summed E-state index contributed by atoms with van der Waals surface area (Å²) < 4.78 is 22.8. The van der Waals surface area contributed by atoms with Crippen LogP contribution >= 0.6 is 0 Å². The predicted octanol–water partition coefficient (Wildman–Crippen LogP) is -0.321. The first-order valence-electron chi connectivity index (χ1n) is 0.532. The molecule has 1 radical (unpaired) electrons. The smallest absolute Gasteiger partial charge is 0.284 e. The molecule has 0 aliphatic rings. The minimum absolute atomic E-state index is 0. The first kappa shape index (κ1) is 9.19. The number of hydrogen-bond acceptors (Lipinski definition) is 1. The van der Waals surface area contributed by atoms with Crippen molar-refractivity contribution in [2.45, 2.75) is 0 Å². The third-order valence-electron chi connectivity index (χ3n) is 0. The minimum atomic E-state index is -2.61. The summed E-state index contributed by atoms with van der Waals surface area (Å²) in [5.41, 5.74) is 0. The summed E-state index contributed by atoms with van der Waals surface area (Å²) in [4.78, 5) is 0. The van der Waals surface area contributed by atoms with Crippen molar-refractivity contribution in [3.05, 3.63) is 0 Å². The van der Waals surface area contributed by atoms with Crippen LogP contribution in [0.15, 0.2) is 0 Å². The first-order chi connectivity index (χ1) is 1.73. The van der Waals surface area contributed by atoms with Crippen LogP contribution in [0.3, 0.4) is 0 Å². The molecule has 3 nitrogen and oxygen atoms in total. The van der Waals surface area contributed by atoms with Gasteiger partial charge in [-0.2, -0.15) is 4.21 Å². The van der Waals surface area contributed by atoms with E-state index >= 15 is 0 Å². The zero-order valence-electron chi connectivity index (χ0n) is 2.04. The van der Waals surface area contributed by atoms with Crippen LogP contribution in [0.2, 0.25) is 0 Å². The van der Waals surface area contributed by atoms with Crippen molar-refractivity contribution in [2.75, 3.05) is 0 Å². The van der Waals surface area contributed by atoms with Crippen molar-refractivity contribution in [1.29, 1.82) is 0 Å². The average Bonchev–Trinajstić information content (AvgIpc) is 0.811. The fourth-order valence-electron chi connectivity index (χ4n) is 0. The summed E-state index contributed by atoms with van der Waals surface area (Å²) in [6, 6.07) is 0. The van der Waals surface area contributed by atoms with Gasteiger partial charge in [-0.1, -0.05) is 0 Å². The van der Waals surface area contributed by atoms with Gasteiger partial charge in [-0.25, -0.2) is 0 Å². The van der Waals surface area contributed by atoms with E-state index in [9.17, 15) is 0 Å². The Labute approximate surface area is 44.6 Å². The maximum Gasteiger partial charge on any atom is 0.299 e. The summed E-state index contributed by atoms with van der Waals surface area (Å²) in [5, 5.41) is 0. The van der Waals surface area contributed by atoms with Crippen LogP contribution in [0.25, 0.3) is 0 Å². The van der Waals surface area contributed by atoms with Gasteiger partial charge in [0.15, 0.2) is 0 Å². The molecule has 0 saturated carbocycles. The second kappa shape index (κ2) is 4.69. The molecule has 0 aliphatic carbocycles. The molecule has 0 bridgehead atoms. The van der Waals surface area contributed by atoms with Crippen LogP contribution in [0.5, 0.6) is 0 Å². The zero-order valence-corrected chi connectivity index (χ0v) is 4.50. The van der Waals surface area contributed by atoms with Crippen molar-refractivity contribution in [2.24, 2.45) is 0 Å². The van der Waals surface area contributed by atoms with E-state index in [1.807, 2.05) is 0 Å². The molecule has 0 aromatic rings. The quantitative estimate of drug-likeness (QED) is 0.401. The van der Waals surface area contributed by atoms with Gasteiger partial charge in [0.25, 0.3) is 11.4 Å². The molecule has 2 N–H and O–H groups in total. The van der Waals surface area contributed by atoms with Crippen LogP contribution in [-0.2, 0) is 30.8 Å². The van der Waals surface area contributed by atoms with Crippen molar-refractivity contribution in [1.82, 2.24) is 0 Å². The van der Waals surface area contributed by atoms with Gasteiger partial charge in [-0.05, 0) is 0 Å². The molecular formula is H2O3RhS. The molecule has 0 fully saturated rings. The van der Waals surface area contributed by atoms with Crippen molar-refractivity contribution in [3.8, 4) is 0 Å². The Morgan fingerprint density at radius 3 is 1.40 bits per heavy atom. The first-order valence-corrected chi connectivity index (χ1v) is 1.60. The standard InChI is InChI=1S/H2O3S.Rh/c1-4(2)3;/h(H2,1,2,3);. The van der Waals surface area contributed by atoms with E-state index in [1.165, 1.54) is 0 Å². The molecule has 5 heavy (non-hydrogen) atoms. The van der Waals surface area contributed by atoms with Crippen molar-refractivity contribution >= 4 is 11.4 Å². The molecule has 0 rings (SSSR count). The summed E-state index contributed by atoms with van der Waals surface area (Å²) in [7, 11) is 0. The summed E-state index contributed by atoms with van der Waals surface area (Å²) in [6.45, 7) is 0. The molecule has 35 valence electrons. The third-order valence-corrected chi connectivity index (χ3v) is 0. The van der Waals surface area contributed by atoms with E-state index in [4.69, 9.17) is 13.3 Å². The molecule has 0 atom stereocenters. The average molecular weight is 185 g/mol. The Hall–Kier alpha value is 0.693. The zero-order chi connectivity index (χ0) is 3.58. The van der Waals surface area contributed by atoms with Crippen LogP contribution in [-0.4, -0.2) is 13.3 Å². The SMILES string of the molecule is O=S(O)O.[Rh]. The molecule has 0 amide bonds. The van der Waals surface area contributed by atoms with Gasteiger partial charge in [0.2, 0.25) is 0 Å². The van der Waals surface area contributed by atoms with E-state index in [-0.39, 0.29) is 19.5 Å². The summed E-state index contributed by atoms with van der Waals surface area (Å²) in [6.07, 6.45) is 0. The Bertz CT molecular complexity index is 29.9. The number of rotatable bonds is 0. The van der Waals surface area contributed by atoms with Gasteiger partial charge in [0.05, 0.1) is 0 Å². The van der Waals surface area contributed by atoms with E-state index in [0.29, 0.717) is 0 Å². The summed E-state index contributed by atoms with van der Waals surface area (Å²) in [5.74, 6) is 0. The van der Waals surface area contributed by atoms with Gasteiger partial charge in [0.1, 0.15) is 0 Å².